The molecule has 1 aromatic rings. The van der Waals surface area contributed by atoms with E-state index >= 15 is 0 Å². The van der Waals surface area contributed by atoms with Crippen molar-refractivity contribution in [3.63, 3.8) is 0 Å². The third kappa shape index (κ3) is 5.80. The Hall–Kier alpha value is -1.66. The Morgan fingerprint density at radius 1 is 1.39 bits per heavy atom. The maximum Gasteiger partial charge on any atom is 0.321 e. The highest BCUT2D eigenvalue weighted by Crippen LogP contribution is 2.20. The maximum atomic E-state index is 12.3. The van der Waals surface area contributed by atoms with Crippen LogP contribution in [0.4, 0.5) is 10.5 Å². The summed E-state index contributed by atoms with van der Waals surface area (Å²) in [6.07, 6.45) is 3.43. The highest BCUT2D eigenvalue weighted by molar-refractivity contribution is 5.89. The van der Waals surface area contributed by atoms with Crippen LogP contribution in [0, 0.1) is 12.3 Å². The van der Waals surface area contributed by atoms with Gasteiger partial charge in [-0.15, -0.1) is 0 Å². The SMILES string of the molecule is Cc1cncc(NC(=O)N(C)CC(C)(C)CN2CCOCC2)c1. The monoisotopic (exact) mass is 320 g/mol. The minimum atomic E-state index is -0.104. The first-order chi connectivity index (χ1) is 10.9. The van der Waals surface area contributed by atoms with Crippen molar-refractivity contribution < 1.29 is 9.53 Å². The molecule has 0 spiro atoms. The fourth-order valence-corrected chi connectivity index (χ4v) is 2.97. The predicted molar refractivity (Wildman–Crippen MR) is 91.7 cm³/mol. The van der Waals surface area contributed by atoms with Gasteiger partial charge in [-0.05, 0) is 24.0 Å². The van der Waals surface area contributed by atoms with Crippen molar-refractivity contribution in [2.75, 3.05) is 51.8 Å². The molecule has 0 aliphatic carbocycles. The van der Waals surface area contributed by atoms with E-state index in [1.807, 2.05) is 20.0 Å². The van der Waals surface area contributed by atoms with Gasteiger partial charge in [-0.1, -0.05) is 13.8 Å². The molecule has 0 aromatic carbocycles. The Kier molecular flexibility index (Phi) is 5.96. The van der Waals surface area contributed by atoms with Crippen LogP contribution in [0.15, 0.2) is 18.5 Å². The number of hydrogen-bond donors (Lipinski definition) is 1. The molecule has 6 heteroatoms. The van der Waals surface area contributed by atoms with Crippen LogP contribution in [0.5, 0.6) is 0 Å². The fourth-order valence-electron chi connectivity index (χ4n) is 2.97. The van der Waals surface area contributed by atoms with Crippen molar-refractivity contribution in [1.82, 2.24) is 14.8 Å². The van der Waals surface area contributed by atoms with Gasteiger partial charge in [0.25, 0.3) is 0 Å². The van der Waals surface area contributed by atoms with Crippen LogP contribution in [-0.2, 0) is 4.74 Å². The Balaban J connectivity index is 1.86. The molecular weight excluding hydrogens is 292 g/mol. The topological polar surface area (TPSA) is 57.7 Å². The first-order valence-corrected chi connectivity index (χ1v) is 8.10. The molecule has 0 unspecified atom stereocenters. The van der Waals surface area contributed by atoms with Gasteiger partial charge in [-0.3, -0.25) is 9.88 Å². The minimum absolute atomic E-state index is 0.0221. The second-order valence-electron chi connectivity index (χ2n) is 7.09. The number of morpholine rings is 1. The summed E-state index contributed by atoms with van der Waals surface area (Å²) in [6.45, 7) is 11.5. The van der Waals surface area contributed by atoms with Gasteiger partial charge in [-0.25, -0.2) is 4.79 Å². The van der Waals surface area contributed by atoms with Gasteiger partial charge in [0.1, 0.15) is 0 Å². The third-order valence-corrected chi connectivity index (χ3v) is 3.89. The van der Waals surface area contributed by atoms with Gasteiger partial charge in [0, 0.05) is 39.4 Å². The fraction of sp³-hybridized carbons (Fsp3) is 0.647. The predicted octanol–water partition coefficient (Wildman–Crippen LogP) is 2.21. The minimum Gasteiger partial charge on any atom is -0.379 e. The van der Waals surface area contributed by atoms with Crippen LogP contribution in [0.1, 0.15) is 19.4 Å². The molecule has 0 atom stereocenters. The van der Waals surface area contributed by atoms with E-state index in [1.54, 1.807) is 17.3 Å². The Labute approximate surface area is 138 Å². The first-order valence-electron chi connectivity index (χ1n) is 8.10. The highest BCUT2D eigenvalue weighted by Gasteiger charge is 2.26. The number of aromatic nitrogens is 1. The molecule has 0 saturated carbocycles. The van der Waals surface area contributed by atoms with E-state index in [9.17, 15) is 4.79 Å². The Morgan fingerprint density at radius 3 is 2.74 bits per heavy atom. The number of amides is 2. The van der Waals surface area contributed by atoms with Gasteiger partial charge >= 0.3 is 6.03 Å². The molecule has 1 fully saturated rings. The number of pyridine rings is 1. The first kappa shape index (κ1) is 17.7. The van der Waals surface area contributed by atoms with E-state index in [0.29, 0.717) is 6.54 Å². The van der Waals surface area contributed by atoms with Crippen LogP contribution < -0.4 is 5.32 Å². The molecule has 0 bridgehead atoms. The standard InChI is InChI=1S/C17H28N4O2/c1-14-9-15(11-18-10-14)19-16(22)20(4)12-17(2,3)13-21-5-7-23-8-6-21/h9-11H,5-8,12-13H2,1-4H3,(H,19,22). The molecule has 1 saturated heterocycles. The van der Waals surface area contributed by atoms with Crippen LogP contribution in [0.25, 0.3) is 0 Å². The molecule has 128 valence electrons. The third-order valence-electron chi connectivity index (χ3n) is 3.89. The molecule has 2 amide bonds. The Bertz CT molecular complexity index is 527. The number of ether oxygens (including phenoxy) is 1. The quantitative estimate of drug-likeness (QED) is 0.904. The average Bonchev–Trinajstić information content (AvgIpc) is 2.47. The lowest BCUT2D eigenvalue weighted by molar-refractivity contribution is 0.0182. The van der Waals surface area contributed by atoms with Gasteiger partial charge in [-0.2, -0.15) is 0 Å². The average molecular weight is 320 g/mol. The Morgan fingerprint density at radius 2 is 2.09 bits per heavy atom. The van der Waals surface area contributed by atoms with Crippen LogP contribution in [-0.4, -0.2) is 67.3 Å². The summed E-state index contributed by atoms with van der Waals surface area (Å²) in [5, 5.41) is 2.90. The van der Waals surface area contributed by atoms with E-state index < -0.39 is 0 Å². The number of nitrogens with zero attached hydrogens (tertiary/aromatic N) is 3. The summed E-state index contributed by atoms with van der Waals surface area (Å²) in [6, 6.07) is 1.81. The number of rotatable bonds is 5. The summed E-state index contributed by atoms with van der Waals surface area (Å²) in [5.74, 6) is 0. The van der Waals surface area contributed by atoms with E-state index in [2.05, 4.69) is 29.0 Å². The van der Waals surface area contributed by atoms with Gasteiger partial charge < -0.3 is 15.0 Å². The highest BCUT2D eigenvalue weighted by atomic mass is 16.5. The molecule has 23 heavy (non-hydrogen) atoms. The number of carbonyl (C=O) groups is 1. The van der Waals surface area contributed by atoms with Crippen molar-refractivity contribution in [3.8, 4) is 0 Å². The van der Waals surface area contributed by atoms with Crippen molar-refractivity contribution >= 4 is 11.7 Å². The molecule has 2 rings (SSSR count). The second kappa shape index (κ2) is 7.75. The molecule has 1 aliphatic rings. The summed E-state index contributed by atoms with van der Waals surface area (Å²) >= 11 is 0. The number of aryl methyl sites for hydroxylation is 1. The number of nitrogens with one attached hydrogen (secondary N) is 1. The summed E-state index contributed by atoms with van der Waals surface area (Å²) in [4.78, 5) is 20.6. The van der Waals surface area contributed by atoms with Crippen molar-refractivity contribution in [1.29, 1.82) is 0 Å². The molecule has 1 aromatic heterocycles. The normalized spacial score (nSPS) is 16.2. The lowest BCUT2D eigenvalue weighted by atomic mass is 9.92. The van der Waals surface area contributed by atoms with Gasteiger partial charge in [0.2, 0.25) is 0 Å². The number of urea groups is 1. The van der Waals surface area contributed by atoms with Crippen molar-refractivity contribution in [2.24, 2.45) is 5.41 Å². The number of hydrogen-bond acceptors (Lipinski definition) is 4. The zero-order valence-electron chi connectivity index (χ0n) is 14.6. The number of anilines is 1. The zero-order valence-corrected chi connectivity index (χ0v) is 14.6. The van der Waals surface area contributed by atoms with Crippen molar-refractivity contribution in [2.45, 2.75) is 20.8 Å². The van der Waals surface area contributed by atoms with Gasteiger partial charge in [0.05, 0.1) is 25.1 Å². The largest absolute Gasteiger partial charge is 0.379 e. The van der Waals surface area contributed by atoms with Crippen molar-refractivity contribution in [3.05, 3.63) is 24.0 Å². The molecule has 1 N–H and O–H groups in total. The van der Waals surface area contributed by atoms with Crippen LogP contribution >= 0.6 is 0 Å². The molecule has 0 radical (unpaired) electrons. The molecular formula is C17H28N4O2. The van der Waals surface area contributed by atoms with E-state index in [0.717, 1.165) is 44.1 Å². The van der Waals surface area contributed by atoms with Gasteiger partial charge in [0.15, 0.2) is 0 Å². The van der Waals surface area contributed by atoms with E-state index in [1.165, 1.54) is 0 Å². The summed E-state index contributed by atoms with van der Waals surface area (Å²) in [5.41, 5.74) is 1.78. The van der Waals surface area contributed by atoms with E-state index in [4.69, 9.17) is 4.74 Å². The summed E-state index contributed by atoms with van der Waals surface area (Å²) < 4.78 is 5.39. The number of carbonyl (C=O) groups excluding carboxylic acids is 1. The summed E-state index contributed by atoms with van der Waals surface area (Å²) in [7, 11) is 1.83. The second-order valence-corrected chi connectivity index (χ2v) is 7.09. The molecule has 2 heterocycles. The zero-order chi connectivity index (χ0) is 16.9. The van der Waals surface area contributed by atoms with E-state index in [-0.39, 0.29) is 11.4 Å². The van der Waals surface area contributed by atoms with Crippen LogP contribution in [0.3, 0.4) is 0 Å². The smallest absolute Gasteiger partial charge is 0.321 e. The molecule has 1 aliphatic heterocycles. The lowest BCUT2D eigenvalue weighted by Crippen LogP contribution is -2.47. The molecule has 6 nitrogen and oxygen atoms in total. The maximum absolute atomic E-state index is 12.3. The van der Waals surface area contributed by atoms with Crippen LogP contribution in [0.2, 0.25) is 0 Å². The lowest BCUT2D eigenvalue weighted by Gasteiger charge is -2.37.